The van der Waals surface area contributed by atoms with Crippen LogP contribution in [0.15, 0.2) is 42.3 Å². The number of benzene rings is 1. The number of amides is 4. The number of rotatable bonds is 8. The van der Waals surface area contributed by atoms with Gasteiger partial charge in [0.2, 0.25) is 5.91 Å². The summed E-state index contributed by atoms with van der Waals surface area (Å²) in [7, 11) is 2.50. The molecule has 0 aromatic heterocycles. The number of nitrogens with zero attached hydrogens (tertiary/aromatic N) is 4. The molecule has 0 spiro atoms. The summed E-state index contributed by atoms with van der Waals surface area (Å²) in [5.74, 6) is -2.90. The largest absolute Gasteiger partial charge is 0.493 e. The number of fused-ring (bicyclic) bond motifs is 1. The second kappa shape index (κ2) is 12.9. The molecule has 2 fully saturated rings. The molecule has 11 nitrogen and oxygen atoms in total. The van der Waals surface area contributed by atoms with Crippen molar-refractivity contribution in [2.75, 3.05) is 58.5 Å². The first-order chi connectivity index (χ1) is 20.4. The molecule has 4 rings (SSSR count). The van der Waals surface area contributed by atoms with Gasteiger partial charge in [-0.25, -0.2) is 18.4 Å². The van der Waals surface area contributed by atoms with Crippen LogP contribution in [0.25, 0.3) is 0 Å². The number of halogens is 2. The van der Waals surface area contributed by atoms with Gasteiger partial charge < -0.3 is 29.3 Å². The highest BCUT2D eigenvalue weighted by atomic mass is 19.1. The summed E-state index contributed by atoms with van der Waals surface area (Å²) in [6.45, 7) is 10.5. The number of carbonyl (C=O) groups excluding carboxylic acids is 3. The Kier molecular flexibility index (Phi) is 9.51. The van der Waals surface area contributed by atoms with Crippen molar-refractivity contribution in [3.63, 3.8) is 0 Å². The van der Waals surface area contributed by atoms with E-state index < -0.39 is 29.0 Å². The van der Waals surface area contributed by atoms with E-state index >= 15 is 8.78 Å². The number of carbonyl (C=O) groups is 3. The third kappa shape index (κ3) is 7.03. The summed E-state index contributed by atoms with van der Waals surface area (Å²) in [6, 6.07) is 0.474. The second-order valence-electron chi connectivity index (χ2n) is 11.6. The predicted octanol–water partition coefficient (Wildman–Crippen LogP) is 4.21. The van der Waals surface area contributed by atoms with Gasteiger partial charge in [0.25, 0.3) is 0 Å². The lowest BCUT2D eigenvalue weighted by molar-refractivity contribution is -0.116. The number of hydrogen-bond acceptors (Lipinski definition) is 7. The number of piperidine rings is 1. The molecule has 4 amide bonds. The van der Waals surface area contributed by atoms with E-state index in [0.29, 0.717) is 43.7 Å². The molecule has 0 unspecified atom stereocenters. The minimum atomic E-state index is -1.02. The van der Waals surface area contributed by atoms with Crippen LogP contribution in [0.5, 0.6) is 11.5 Å². The molecule has 2 saturated heterocycles. The highest BCUT2D eigenvalue weighted by Gasteiger charge is 2.40. The first-order valence-corrected chi connectivity index (χ1v) is 14.1. The van der Waals surface area contributed by atoms with E-state index in [0.717, 1.165) is 11.0 Å². The molecule has 43 heavy (non-hydrogen) atoms. The summed E-state index contributed by atoms with van der Waals surface area (Å²) in [5.41, 5.74) is 0.0906. The van der Waals surface area contributed by atoms with Gasteiger partial charge in [-0.2, -0.15) is 0 Å². The summed E-state index contributed by atoms with van der Waals surface area (Å²) < 4.78 is 46.8. The zero-order valence-corrected chi connectivity index (χ0v) is 25.2. The number of likely N-dealkylation sites (tertiary alicyclic amines) is 1. The Labute approximate surface area is 250 Å². The first-order valence-electron chi connectivity index (χ1n) is 14.1. The maximum Gasteiger partial charge on any atom is 0.410 e. The quantitative estimate of drug-likeness (QED) is 0.444. The summed E-state index contributed by atoms with van der Waals surface area (Å²) in [5, 5.41) is 2.72. The lowest BCUT2D eigenvalue weighted by Crippen LogP contribution is -2.53. The van der Waals surface area contributed by atoms with Crippen LogP contribution in [0.4, 0.5) is 24.1 Å². The van der Waals surface area contributed by atoms with Crippen molar-refractivity contribution < 1.29 is 37.4 Å². The second-order valence-corrected chi connectivity index (χ2v) is 11.6. The zero-order chi connectivity index (χ0) is 31.5. The molecule has 3 aliphatic rings. The first kappa shape index (κ1) is 31.6. The zero-order valence-electron chi connectivity index (χ0n) is 25.2. The van der Waals surface area contributed by atoms with E-state index in [1.54, 1.807) is 11.1 Å². The predicted molar refractivity (Wildman–Crippen MR) is 156 cm³/mol. The van der Waals surface area contributed by atoms with Gasteiger partial charge in [-0.1, -0.05) is 12.7 Å². The average Bonchev–Trinajstić information content (AvgIpc) is 2.97. The fraction of sp³-hybridized carbons (Fsp3) is 0.500. The molecule has 3 heterocycles. The summed E-state index contributed by atoms with van der Waals surface area (Å²) in [4.78, 5) is 44.4. The summed E-state index contributed by atoms with van der Waals surface area (Å²) in [6.07, 6.45) is 5.61. The smallest absolute Gasteiger partial charge is 0.410 e. The van der Waals surface area contributed by atoms with Gasteiger partial charge in [-0.3, -0.25) is 14.6 Å². The van der Waals surface area contributed by atoms with Crippen molar-refractivity contribution in [3.05, 3.63) is 53.9 Å². The maximum atomic E-state index is 15.6. The minimum absolute atomic E-state index is 0.00452. The molecule has 3 aliphatic heterocycles. The highest BCUT2D eigenvalue weighted by Crippen LogP contribution is 2.41. The van der Waals surface area contributed by atoms with E-state index in [9.17, 15) is 14.4 Å². The number of methoxy groups -OCH3 is 2. The lowest BCUT2D eigenvalue weighted by atomic mass is 9.94. The van der Waals surface area contributed by atoms with Crippen LogP contribution in [-0.4, -0.2) is 91.9 Å². The van der Waals surface area contributed by atoms with Crippen molar-refractivity contribution in [2.45, 2.75) is 39.2 Å². The Balaban J connectivity index is 1.63. The van der Waals surface area contributed by atoms with E-state index in [2.05, 4.69) is 11.9 Å². The van der Waals surface area contributed by atoms with Gasteiger partial charge >= 0.3 is 12.1 Å². The van der Waals surface area contributed by atoms with Crippen LogP contribution in [0.1, 0.15) is 33.6 Å². The maximum absolute atomic E-state index is 15.6. The summed E-state index contributed by atoms with van der Waals surface area (Å²) >= 11 is 0. The van der Waals surface area contributed by atoms with E-state index in [1.165, 1.54) is 25.2 Å². The van der Waals surface area contributed by atoms with E-state index in [4.69, 9.17) is 14.2 Å². The Morgan fingerprint density at radius 3 is 2.30 bits per heavy atom. The van der Waals surface area contributed by atoms with Crippen LogP contribution < -0.4 is 19.7 Å². The Bertz CT molecular complexity index is 1300. The van der Waals surface area contributed by atoms with Crippen LogP contribution in [0, 0.1) is 17.6 Å². The molecule has 234 valence electrons. The average molecular weight is 604 g/mol. The van der Waals surface area contributed by atoms with Gasteiger partial charge in [0, 0.05) is 38.4 Å². The van der Waals surface area contributed by atoms with Gasteiger partial charge in [0.05, 0.1) is 33.1 Å². The van der Waals surface area contributed by atoms with Crippen molar-refractivity contribution >= 4 is 23.7 Å². The number of nitrogens with one attached hydrogen (secondary N) is 1. The number of ether oxygens (including phenoxy) is 3. The molecule has 0 aliphatic carbocycles. The third-order valence-electron chi connectivity index (χ3n) is 7.46. The fourth-order valence-electron chi connectivity index (χ4n) is 5.22. The number of hydrogen-bond donors (Lipinski definition) is 1. The van der Waals surface area contributed by atoms with Gasteiger partial charge in [0.15, 0.2) is 23.1 Å². The van der Waals surface area contributed by atoms with Crippen LogP contribution in [0.2, 0.25) is 0 Å². The topological polar surface area (TPSA) is 104 Å². The molecule has 0 radical (unpaired) electrons. The fourth-order valence-corrected chi connectivity index (χ4v) is 5.22. The van der Waals surface area contributed by atoms with Crippen LogP contribution >= 0.6 is 0 Å². The molecule has 1 aromatic carbocycles. The van der Waals surface area contributed by atoms with E-state index in [1.807, 2.05) is 31.7 Å². The Morgan fingerprint density at radius 1 is 1.12 bits per heavy atom. The highest BCUT2D eigenvalue weighted by molar-refractivity contribution is 5.97. The van der Waals surface area contributed by atoms with Crippen molar-refractivity contribution in [2.24, 2.45) is 5.92 Å². The minimum Gasteiger partial charge on any atom is -0.493 e. The van der Waals surface area contributed by atoms with E-state index in [-0.39, 0.29) is 49.2 Å². The van der Waals surface area contributed by atoms with Crippen molar-refractivity contribution in [3.8, 4) is 11.5 Å². The van der Waals surface area contributed by atoms with Gasteiger partial charge in [0.1, 0.15) is 11.3 Å². The SMILES string of the molecule is C=CC(=O)NCN1C=C2C(=CC1)CN(c1c(F)c(OC)cc(OC)c1F)C(=O)N2CC1CCN(C(=O)OC(C)(C)C)CC1. The normalized spacial score (nSPS) is 17.6. The van der Waals surface area contributed by atoms with Crippen molar-refractivity contribution in [1.29, 1.82) is 0 Å². The molecular formula is C30H39F2N5O6. The monoisotopic (exact) mass is 603 g/mol. The molecular weight excluding hydrogens is 564 g/mol. The lowest BCUT2D eigenvalue weighted by Gasteiger charge is -2.43. The third-order valence-corrected chi connectivity index (χ3v) is 7.46. The number of urea groups is 1. The molecule has 0 atom stereocenters. The van der Waals surface area contributed by atoms with Crippen LogP contribution in [0.3, 0.4) is 0 Å². The Morgan fingerprint density at radius 2 is 1.74 bits per heavy atom. The molecule has 0 saturated carbocycles. The Hall–Kier alpha value is -4.29. The molecule has 0 bridgehead atoms. The molecule has 1 N–H and O–H groups in total. The van der Waals surface area contributed by atoms with Gasteiger partial charge in [-0.05, 0) is 51.2 Å². The van der Waals surface area contributed by atoms with Crippen molar-refractivity contribution in [1.82, 2.24) is 20.0 Å². The van der Waals surface area contributed by atoms with Crippen LogP contribution in [-0.2, 0) is 9.53 Å². The molecule has 13 heteroatoms. The molecule has 1 aromatic rings. The van der Waals surface area contributed by atoms with Gasteiger partial charge in [-0.15, -0.1) is 0 Å². The number of anilines is 1. The standard InChI is InChI=1S/C30H39F2N5O6/c1-7-24(38)33-18-34-11-10-20-16-37(27-25(31)22(41-5)14-23(42-6)26(27)32)28(39)36(21(20)17-34)15-19-8-12-35(13-9-19)29(40)43-30(2,3)4/h7,10,14,17,19H,1,8-9,11-13,15-16,18H2,2-6H3,(H,33,38).